The van der Waals surface area contributed by atoms with Gasteiger partial charge in [0.2, 0.25) is 0 Å². The van der Waals surface area contributed by atoms with Gasteiger partial charge in [-0.15, -0.1) is 0 Å². The predicted octanol–water partition coefficient (Wildman–Crippen LogP) is 1.63. The van der Waals surface area contributed by atoms with Crippen molar-refractivity contribution in [1.82, 2.24) is 5.06 Å². The van der Waals surface area contributed by atoms with E-state index in [-0.39, 0.29) is 5.84 Å². The highest BCUT2D eigenvalue weighted by molar-refractivity contribution is 5.96. The van der Waals surface area contributed by atoms with Crippen LogP contribution in [-0.2, 0) is 10.0 Å². The van der Waals surface area contributed by atoms with Gasteiger partial charge in [0.1, 0.15) is 11.3 Å². The molecule has 0 aromatic heterocycles. The minimum atomic E-state index is -1.07. The maximum atomic E-state index is 12.5. The van der Waals surface area contributed by atoms with Crippen LogP contribution in [0.4, 0.5) is 0 Å². The Morgan fingerprint density at radius 2 is 1.82 bits per heavy atom. The molecule has 2 rings (SSSR count). The van der Waals surface area contributed by atoms with Gasteiger partial charge in [-0.1, -0.05) is 5.06 Å². The zero-order valence-electron chi connectivity index (χ0n) is 13.0. The lowest BCUT2D eigenvalue weighted by Crippen LogP contribution is -2.53. The average molecular weight is 307 g/mol. The van der Waals surface area contributed by atoms with Crippen molar-refractivity contribution < 1.29 is 24.6 Å². The Labute approximate surface area is 128 Å². The number of ether oxygens (including phenoxy) is 1. The zero-order chi connectivity index (χ0) is 16.7. The smallest absolute Gasteiger partial charge is 0.341 e. The molecule has 1 aliphatic heterocycles. The summed E-state index contributed by atoms with van der Waals surface area (Å²) in [4.78, 5) is 10.5. The van der Waals surface area contributed by atoms with Crippen LogP contribution in [0.1, 0.15) is 33.3 Å². The molecule has 0 spiro atoms. The van der Waals surface area contributed by atoms with Crippen molar-refractivity contribution in [2.75, 3.05) is 6.61 Å². The van der Waals surface area contributed by atoms with Gasteiger partial charge in [-0.25, -0.2) is 4.79 Å². The summed E-state index contributed by atoms with van der Waals surface area (Å²) in [5, 5.41) is 34.3. The molecule has 7 nitrogen and oxygen atoms in total. The van der Waals surface area contributed by atoms with E-state index >= 15 is 0 Å². The number of hydroxylamine groups is 3. The summed E-state index contributed by atoms with van der Waals surface area (Å²) in [5.74, 6) is -0.674. The molecular formula is C15H19N2O5. The maximum absolute atomic E-state index is 12.5. The van der Waals surface area contributed by atoms with E-state index < -0.39 is 23.7 Å². The van der Waals surface area contributed by atoms with Crippen LogP contribution < -0.4 is 4.74 Å². The Morgan fingerprint density at radius 1 is 1.27 bits per heavy atom. The molecule has 22 heavy (non-hydrogen) atoms. The van der Waals surface area contributed by atoms with Crippen LogP contribution in [0.25, 0.3) is 0 Å². The molecule has 7 heteroatoms. The van der Waals surface area contributed by atoms with Crippen LogP contribution in [0, 0.1) is 5.21 Å². The van der Waals surface area contributed by atoms with E-state index in [1.54, 1.807) is 39.8 Å². The zero-order valence-corrected chi connectivity index (χ0v) is 13.0. The molecule has 0 unspecified atom stereocenters. The minimum absolute atomic E-state index is 0.0415. The van der Waals surface area contributed by atoms with E-state index in [2.05, 4.69) is 0 Å². The number of rotatable bonds is 4. The number of benzene rings is 1. The summed E-state index contributed by atoms with van der Waals surface area (Å²) >= 11 is 0. The molecule has 0 fully saturated rings. The van der Waals surface area contributed by atoms with Crippen molar-refractivity contribution in [1.29, 1.82) is 0 Å². The third kappa shape index (κ3) is 2.37. The van der Waals surface area contributed by atoms with E-state index in [4.69, 9.17) is 9.84 Å². The molecule has 1 aromatic rings. The van der Waals surface area contributed by atoms with Gasteiger partial charge in [0.25, 0.3) is 0 Å². The molecule has 1 N–H and O–H groups in total. The Hall–Kier alpha value is -2.28. The van der Waals surface area contributed by atoms with E-state index in [0.717, 1.165) is 9.80 Å². The molecule has 0 atom stereocenters. The Morgan fingerprint density at radius 3 is 2.23 bits per heavy atom. The highest BCUT2D eigenvalue weighted by Crippen LogP contribution is 2.37. The molecule has 0 saturated heterocycles. The fourth-order valence-electron chi connectivity index (χ4n) is 2.19. The number of hydrogen-bond donors (Lipinski definition) is 1. The van der Waals surface area contributed by atoms with Gasteiger partial charge < -0.3 is 15.1 Å². The number of carbonyl (C=O) groups is 1. The van der Waals surface area contributed by atoms with Crippen molar-refractivity contribution in [2.45, 2.75) is 38.8 Å². The lowest BCUT2D eigenvalue weighted by atomic mass is 9.84. The predicted molar refractivity (Wildman–Crippen MR) is 78.0 cm³/mol. The second-order valence-electron chi connectivity index (χ2n) is 6.24. The summed E-state index contributed by atoms with van der Waals surface area (Å²) in [5.41, 5.74) is -1.28. The Balaban J connectivity index is 2.32. The monoisotopic (exact) mass is 307 g/mol. The summed E-state index contributed by atoms with van der Waals surface area (Å²) in [6, 6.07) is 6.20. The van der Waals surface area contributed by atoms with Crippen molar-refractivity contribution in [2.24, 2.45) is 0 Å². The summed E-state index contributed by atoms with van der Waals surface area (Å²) in [7, 11) is 0. The maximum Gasteiger partial charge on any atom is 0.341 e. The quantitative estimate of drug-likeness (QED) is 0.673. The summed E-state index contributed by atoms with van der Waals surface area (Å²) < 4.78 is 5.76. The van der Waals surface area contributed by atoms with Crippen LogP contribution in [0.3, 0.4) is 0 Å². The second kappa shape index (κ2) is 5.17. The first-order valence-corrected chi connectivity index (χ1v) is 6.86. The van der Waals surface area contributed by atoms with Gasteiger partial charge in [0.15, 0.2) is 12.1 Å². The first-order valence-electron chi connectivity index (χ1n) is 6.86. The number of amidine groups is 1. The Kier molecular flexibility index (Phi) is 3.78. The number of hydrogen-bond acceptors (Lipinski definition) is 4. The summed E-state index contributed by atoms with van der Waals surface area (Å²) in [6.45, 7) is 6.45. The molecule has 1 aliphatic rings. The third-order valence-corrected chi connectivity index (χ3v) is 4.37. The van der Waals surface area contributed by atoms with Gasteiger partial charge in [0.05, 0.1) is 5.56 Å². The van der Waals surface area contributed by atoms with Crippen LogP contribution >= 0.6 is 0 Å². The third-order valence-electron chi connectivity index (χ3n) is 4.37. The normalized spacial score (nSPS) is 19.4. The van der Waals surface area contributed by atoms with Crippen molar-refractivity contribution >= 4 is 11.8 Å². The highest BCUT2D eigenvalue weighted by atomic mass is 16.5. The van der Waals surface area contributed by atoms with Gasteiger partial charge >= 0.3 is 11.8 Å². The number of aliphatic carboxylic acids is 1. The van der Waals surface area contributed by atoms with Gasteiger partial charge in [0, 0.05) is 5.21 Å². The number of carboxylic acids is 1. The number of nitrogens with zero attached hydrogens (tertiary/aromatic N) is 2. The second-order valence-corrected chi connectivity index (χ2v) is 6.24. The molecule has 1 aromatic carbocycles. The first kappa shape index (κ1) is 16.1. The Bertz CT molecular complexity index is 619. The highest BCUT2D eigenvalue weighted by Gasteiger charge is 2.59. The fourth-order valence-corrected chi connectivity index (χ4v) is 2.19. The van der Waals surface area contributed by atoms with Crippen LogP contribution in [0.5, 0.6) is 5.75 Å². The molecular weight excluding hydrogens is 288 g/mol. The van der Waals surface area contributed by atoms with E-state index in [9.17, 15) is 15.2 Å². The number of carboxylic acid groups (broad SMARTS) is 1. The fraction of sp³-hybridized carbons (Fsp3) is 0.467. The lowest BCUT2D eigenvalue weighted by molar-refractivity contribution is -0.539. The molecule has 0 bridgehead atoms. The SMILES string of the molecule is CC1(C)N([O])C(c2ccc(OCC(=O)O)cc2)=[N+]([O-])C1(C)C. The van der Waals surface area contributed by atoms with Crippen molar-refractivity contribution in [3.8, 4) is 5.75 Å². The average Bonchev–Trinajstić information content (AvgIpc) is 2.56. The van der Waals surface area contributed by atoms with Crippen molar-refractivity contribution in [3.05, 3.63) is 35.0 Å². The lowest BCUT2D eigenvalue weighted by Gasteiger charge is -2.32. The molecule has 1 heterocycles. The van der Waals surface area contributed by atoms with Crippen LogP contribution in [0.2, 0.25) is 0 Å². The van der Waals surface area contributed by atoms with Crippen LogP contribution in [0.15, 0.2) is 24.3 Å². The minimum Gasteiger partial charge on any atom is -0.714 e. The molecule has 0 saturated carbocycles. The molecule has 0 aliphatic carbocycles. The standard InChI is InChI=1S/C15H19N2O5/c1-14(2)15(3,4)17(21)13(16(14)20)10-5-7-11(8-6-10)22-9-12(18)19/h5-8H,9H2,1-4H3,(H,18,19). The first-order chi connectivity index (χ1) is 10.1. The van der Waals surface area contributed by atoms with E-state index in [0.29, 0.717) is 11.3 Å². The van der Waals surface area contributed by atoms with Gasteiger partial charge in [-0.05, 0) is 52.0 Å². The molecule has 1 radical (unpaired) electrons. The largest absolute Gasteiger partial charge is 0.714 e. The van der Waals surface area contributed by atoms with Gasteiger partial charge in [-0.2, -0.15) is 0 Å². The van der Waals surface area contributed by atoms with E-state index in [1.807, 2.05) is 0 Å². The molecule has 119 valence electrons. The summed E-state index contributed by atoms with van der Waals surface area (Å²) in [6.07, 6.45) is 0. The van der Waals surface area contributed by atoms with Crippen LogP contribution in [-0.4, -0.2) is 44.4 Å². The molecule has 0 amide bonds. The topological polar surface area (TPSA) is 95.7 Å². The van der Waals surface area contributed by atoms with Gasteiger partial charge in [-0.3, -0.25) is 4.74 Å². The van der Waals surface area contributed by atoms with Crippen molar-refractivity contribution in [3.63, 3.8) is 0 Å². The van der Waals surface area contributed by atoms with E-state index in [1.165, 1.54) is 12.1 Å².